The second-order valence-electron chi connectivity index (χ2n) is 8.29. The van der Waals surface area contributed by atoms with Crippen molar-refractivity contribution in [3.63, 3.8) is 0 Å². The van der Waals surface area contributed by atoms with Crippen LogP contribution >= 0.6 is 11.6 Å². The van der Waals surface area contributed by atoms with E-state index >= 15 is 0 Å². The maximum atomic E-state index is 13.1. The summed E-state index contributed by atoms with van der Waals surface area (Å²) in [6, 6.07) is 11.7. The van der Waals surface area contributed by atoms with Gasteiger partial charge in [0, 0.05) is 54.2 Å². The fraction of sp³-hybridized carbons (Fsp3) is 0.250. The Bertz CT molecular complexity index is 1340. The normalized spacial score (nSPS) is 13.7. The van der Waals surface area contributed by atoms with E-state index in [4.69, 9.17) is 11.6 Å². The van der Waals surface area contributed by atoms with Gasteiger partial charge in [-0.05, 0) is 36.6 Å². The van der Waals surface area contributed by atoms with Gasteiger partial charge in [-0.25, -0.2) is 9.97 Å². The minimum absolute atomic E-state index is 0.0519. The van der Waals surface area contributed by atoms with Crippen LogP contribution in [0.2, 0.25) is 5.02 Å². The van der Waals surface area contributed by atoms with E-state index in [0.717, 1.165) is 18.7 Å². The van der Waals surface area contributed by atoms with Gasteiger partial charge >= 0.3 is 0 Å². The highest BCUT2D eigenvalue weighted by Crippen LogP contribution is 2.38. The lowest BCUT2D eigenvalue weighted by molar-refractivity contribution is -0.115. The third-order valence-electron chi connectivity index (χ3n) is 5.19. The van der Waals surface area contributed by atoms with E-state index in [2.05, 4.69) is 19.7 Å². The predicted octanol–water partition coefficient (Wildman–Crippen LogP) is 4.13. The van der Waals surface area contributed by atoms with Crippen LogP contribution in [0.3, 0.4) is 0 Å². The molecule has 0 atom stereocenters. The van der Waals surface area contributed by atoms with Crippen LogP contribution in [-0.2, 0) is 21.2 Å². The number of carbonyl (C=O) groups is 1. The van der Waals surface area contributed by atoms with Crippen molar-refractivity contribution in [2.75, 3.05) is 19.4 Å². The fourth-order valence-corrected chi connectivity index (χ4v) is 4.68. The smallest absolute Gasteiger partial charge is 0.284 e. The van der Waals surface area contributed by atoms with E-state index in [1.54, 1.807) is 62.9 Å². The molecule has 1 heterocycles. The summed E-state index contributed by atoms with van der Waals surface area (Å²) in [5, 5.41) is 3.24. The maximum Gasteiger partial charge on any atom is 0.284 e. The van der Waals surface area contributed by atoms with Gasteiger partial charge in [-0.3, -0.25) is 4.79 Å². The maximum absolute atomic E-state index is 13.1. The molecule has 8 nitrogen and oxygen atoms in total. The molecule has 4 rings (SSSR count). The van der Waals surface area contributed by atoms with E-state index in [1.165, 1.54) is 17.3 Å². The summed E-state index contributed by atoms with van der Waals surface area (Å²) in [5.74, 6) is 0.831. The average molecular weight is 498 g/mol. The molecule has 1 aliphatic rings. The molecule has 176 valence electrons. The van der Waals surface area contributed by atoms with Crippen LogP contribution in [0.15, 0.2) is 64.2 Å². The second kappa shape index (κ2) is 9.90. The molecule has 0 aliphatic heterocycles. The van der Waals surface area contributed by atoms with Gasteiger partial charge in [-0.2, -0.15) is 8.42 Å². The first-order valence-electron chi connectivity index (χ1n) is 10.7. The van der Waals surface area contributed by atoms with Crippen molar-refractivity contribution < 1.29 is 13.2 Å². The Morgan fingerprint density at radius 1 is 1.18 bits per heavy atom. The highest BCUT2D eigenvalue weighted by molar-refractivity contribution is 7.90. The monoisotopic (exact) mass is 497 g/mol. The minimum atomic E-state index is -4.07. The first-order valence-corrected chi connectivity index (χ1v) is 12.5. The Morgan fingerprint density at radius 2 is 1.88 bits per heavy atom. The molecule has 1 saturated carbocycles. The molecular weight excluding hydrogens is 474 g/mol. The first kappa shape index (κ1) is 23.8. The summed E-state index contributed by atoms with van der Waals surface area (Å²) in [6.07, 6.45) is 6.66. The Labute approximate surface area is 203 Å². The number of nitrogens with one attached hydrogen (secondary N) is 1. The molecule has 2 aromatic carbocycles. The SMILES string of the molecule is CN(C)/C=N/S(=O)(=O)c1cc(NC(=O)Cc2ccccc2Cl)ccc1-c1cnc(C2CC2)nc1. The average Bonchev–Trinajstić information content (AvgIpc) is 3.65. The van der Waals surface area contributed by atoms with Crippen LogP contribution in [0, 0.1) is 0 Å². The number of halogens is 1. The molecule has 34 heavy (non-hydrogen) atoms. The molecule has 1 aliphatic carbocycles. The molecule has 1 fully saturated rings. The van der Waals surface area contributed by atoms with Crippen LogP contribution in [0.5, 0.6) is 0 Å². The van der Waals surface area contributed by atoms with E-state index in [0.29, 0.717) is 33.3 Å². The fourth-order valence-electron chi connectivity index (χ4n) is 3.31. The van der Waals surface area contributed by atoms with Gasteiger partial charge in [0.15, 0.2) is 0 Å². The Morgan fingerprint density at radius 3 is 2.53 bits per heavy atom. The third kappa shape index (κ3) is 5.78. The number of anilines is 1. The highest BCUT2D eigenvalue weighted by Gasteiger charge is 2.27. The molecule has 1 aromatic heterocycles. The van der Waals surface area contributed by atoms with Gasteiger partial charge in [0.1, 0.15) is 12.2 Å². The number of aromatic nitrogens is 2. The lowest BCUT2D eigenvalue weighted by Gasteiger charge is -2.12. The van der Waals surface area contributed by atoms with E-state index in [1.807, 2.05) is 0 Å². The molecule has 3 aromatic rings. The highest BCUT2D eigenvalue weighted by atomic mass is 35.5. The summed E-state index contributed by atoms with van der Waals surface area (Å²) in [4.78, 5) is 22.9. The van der Waals surface area contributed by atoms with E-state index < -0.39 is 10.0 Å². The van der Waals surface area contributed by atoms with Gasteiger partial charge < -0.3 is 10.2 Å². The molecule has 0 spiro atoms. The number of hydrogen-bond acceptors (Lipinski definition) is 5. The predicted molar refractivity (Wildman–Crippen MR) is 133 cm³/mol. The zero-order valence-electron chi connectivity index (χ0n) is 18.8. The molecular formula is C24H24ClN5O3S. The topological polar surface area (TPSA) is 105 Å². The zero-order chi connectivity index (χ0) is 24.3. The number of nitrogens with zero attached hydrogens (tertiary/aromatic N) is 4. The Balaban J connectivity index is 1.66. The Hall–Kier alpha value is -3.30. The number of sulfonamides is 1. The van der Waals surface area contributed by atoms with Crippen molar-refractivity contribution >= 4 is 39.6 Å². The lowest BCUT2D eigenvalue weighted by atomic mass is 10.1. The molecule has 10 heteroatoms. The van der Waals surface area contributed by atoms with Crippen molar-refractivity contribution in [2.45, 2.75) is 30.1 Å². The van der Waals surface area contributed by atoms with Crippen LogP contribution in [-0.4, -0.2) is 49.6 Å². The largest absolute Gasteiger partial charge is 0.368 e. The molecule has 1 amide bonds. The number of benzene rings is 2. The number of hydrogen-bond donors (Lipinski definition) is 1. The molecule has 1 N–H and O–H groups in total. The quantitative estimate of drug-likeness (QED) is 0.370. The number of rotatable bonds is 8. The molecule has 0 bridgehead atoms. The lowest BCUT2D eigenvalue weighted by Crippen LogP contribution is -2.15. The summed E-state index contributed by atoms with van der Waals surface area (Å²) in [6.45, 7) is 0. The van der Waals surface area contributed by atoms with Crippen LogP contribution in [0.1, 0.15) is 30.1 Å². The van der Waals surface area contributed by atoms with Gasteiger partial charge in [0.05, 0.1) is 11.3 Å². The van der Waals surface area contributed by atoms with Crippen molar-refractivity contribution in [1.82, 2.24) is 14.9 Å². The first-order chi connectivity index (χ1) is 16.2. The van der Waals surface area contributed by atoms with Gasteiger partial charge in [0.2, 0.25) is 5.91 Å². The van der Waals surface area contributed by atoms with Gasteiger partial charge in [-0.15, -0.1) is 4.40 Å². The molecule has 0 saturated heterocycles. The summed E-state index contributed by atoms with van der Waals surface area (Å²) >= 11 is 6.15. The van der Waals surface area contributed by atoms with E-state index in [9.17, 15) is 13.2 Å². The molecule has 0 unspecified atom stereocenters. The minimum Gasteiger partial charge on any atom is -0.368 e. The second-order valence-corrected chi connectivity index (χ2v) is 10.3. The van der Waals surface area contributed by atoms with Crippen molar-refractivity contribution in [1.29, 1.82) is 0 Å². The van der Waals surface area contributed by atoms with Gasteiger partial charge in [0.25, 0.3) is 10.0 Å². The van der Waals surface area contributed by atoms with Crippen LogP contribution < -0.4 is 5.32 Å². The zero-order valence-corrected chi connectivity index (χ0v) is 20.3. The number of carbonyl (C=O) groups excluding carboxylic acids is 1. The van der Waals surface area contributed by atoms with Crippen LogP contribution in [0.25, 0.3) is 11.1 Å². The molecule has 0 radical (unpaired) electrons. The summed E-state index contributed by atoms with van der Waals surface area (Å²) in [7, 11) is -0.720. The van der Waals surface area contributed by atoms with Crippen LogP contribution in [0.4, 0.5) is 5.69 Å². The van der Waals surface area contributed by atoms with Crippen molar-refractivity contribution in [3.8, 4) is 11.1 Å². The summed E-state index contributed by atoms with van der Waals surface area (Å²) < 4.78 is 30.0. The van der Waals surface area contributed by atoms with E-state index in [-0.39, 0.29) is 17.2 Å². The third-order valence-corrected chi connectivity index (χ3v) is 6.83. The van der Waals surface area contributed by atoms with Crippen molar-refractivity contribution in [2.24, 2.45) is 4.40 Å². The summed E-state index contributed by atoms with van der Waals surface area (Å²) in [5.41, 5.74) is 1.96. The van der Waals surface area contributed by atoms with Gasteiger partial charge in [-0.1, -0.05) is 35.9 Å². The number of amides is 1. The Kier molecular flexibility index (Phi) is 6.95. The van der Waals surface area contributed by atoms with Crippen molar-refractivity contribution in [3.05, 3.63) is 71.3 Å². The standard InChI is InChI=1S/C24H24ClN5O3S/c1-30(2)15-28-34(32,33)22-12-19(29-23(31)11-17-5-3-4-6-21(17)25)9-10-20(22)18-13-26-24(27-14-18)16-7-8-16/h3-6,9-10,12-16H,7-8,11H2,1-2H3,(H,29,31)/b28-15+.